The Balaban J connectivity index is 5.96. The lowest BCUT2D eigenvalue weighted by atomic mass is 10.4. The van der Waals surface area contributed by atoms with Crippen LogP contribution in [0.15, 0.2) is 48.6 Å². The molecule has 0 heterocycles. The molecule has 0 fully saturated rings. The summed E-state index contributed by atoms with van der Waals surface area (Å²) in [5.41, 5.74) is 0. The van der Waals surface area contributed by atoms with Gasteiger partial charge in [0.1, 0.15) is 0 Å². The molecule has 29 heavy (non-hydrogen) atoms. The Morgan fingerprint density at radius 2 is 0.724 bits per heavy atom. The molecule has 0 unspecified atom stereocenters. The van der Waals surface area contributed by atoms with E-state index in [0.717, 1.165) is 24.3 Å². The largest absolute Gasteiger partial charge is 0.620 e. The van der Waals surface area contributed by atoms with Crippen molar-refractivity contribution in [3.8, 4) is 0 Å². The molecule has 0 rings (SSSR count). The van der Waals surface area contributed by atoms with Crippen molar-refractivity contribution in [1.82, 2.24) is 0 Å². The van der Waals surface area contributed by atoms with Crippen molar-refractivity contribution in [2.45, 2.75) is 59.5 Å². The summed E-state index contributed by atoms with van der Waals surface area (Å²) in [5.74, 6) is -4.17. The molecule has 0 aromatic rings. The standard InChI is InChI=1S/C21H28O8/c1-5-9-13-17(22)26-21(27-18(23)14-10-6-2,28-19(24)15-11-7-3)29-20(25)16-12-8-4/h9-16H,5-8H2,1-4H3. The van der Waals surface area contributed by atoms with E-state index >= 15 is 0 Å². The van der Waals surface area contributed by atoms with Gasteiger partial charge in [-0.15, -0.1) is 0 Å². The van der Waals surface area contributed by atoms with E-state index < -0.39 is 30.0 Å². The van der Waals surface area contributed by atoms with Gasteiger partial charge in [-0.1, -0.05) is 52.0 Å². The van der Waals surface area contributed by atoms with Crippen molar-refractivity contribution in [3.05, 3.63) is 48.6 Å². The van der Waals surface area contributed by atoms with Gasteiger partial charge in [0, 0.05) is 24.3 Å². The molecule has 0 radical (unpaired) electrons. The number of hydrogen-bond donors (Lipinski definition) is 0. The number of hydrogen-bond acceptors (Lipinski definition) is 8. The molecule has 160 valence electrons. The molecule has 0 saturated carbocycles. The second-order valence-corrected chi connectivity index (χ2v) is 5.43. The molecule has 0 aromatic carbocycles. The maximum atomic E-state index is 12.1. The molecular weight excluding hydrogens is 380 g/mol. The molecule has 0 aliphatic rings. The Bertz CT molecular complexity index is 553. The summed E-state index contributed by atoms with van der Waals surface area (Å²) in [6.45, 7) is 7.10. The van der Waals surface area contributed by atoms with Crippen molar-refractivity contribution in [3.63, 3.8) is 0 Å². The summed E-state index contributed by atoms with van der Waals surface area (Å²) >= 11 is 0. The highest BCUT2D eigenvalue weighted by Gasteiger charge is 2.48. The molecular formula is C21H28O8. The third-order valence-electron chi connectivity index (χ3n) is 2.86. The predicted molar refractivity (Wildman–Crippen MR) is 105 cm³/mol. The summed E-state index contributed by atoms with van der Waals surface area (Å²) in [7, 11) is 0. The van der Waals surface area contributed by atoms with Gasteiger partial charge >= 0.3 is 30.0 Å². The highest BCUT2D eigenvalue weighted by Crippen LogP contribution is 2.21. The molecule has 0 aromatic heterocycles. The second kappa shape index (κ2) is 14.8. The first-order chi connectivity index (χ1) is 13.8. The average molecular weight is 408 g/mol. The lowest BCUT2D eigenvalue weighted by Crippen LogP contribution is -2.47. The van der Waals surface area contributed by atoms with E-state index in [1.807, 2.05) is 0 Å². The van der Waals surface area contributed by atoms with Gasteiger partial charge < -0.3 is 18.9 Å². The van der Waals surface area contributed by atoms with Crippen LogP contribution in [-0.4, -0.2) is 30.0 Å². The Morgan fingerprint density at radius 1 is 0.517 bits per heavy atom. The van der Waals surface area contributed by atoms with Crippen LogP contribution >= 0.6 is 0 Å². The molecule has 0 aliphatic carbocycles. The molecule has 0 spiro atoms. The van der Waals surface area contributed by atoms with E-state index in [-0.39, 0.29) is 0 Å². The normalized spacial score (nSPS) is 13.7. The quantitative estimate of drug-likeness (QED) is 0.274. The zero-order valence-corrected chi connectivity index (χ0v) is 17.2. The van der Waals surface area contributed by atoms with Crippen molar-refractivity contribution < 1.29 is 38.1 Å². The first kappa shape index (κ1) is 25.8. The molecule has 0 amide bonds. The summed E-state index contributed by atoms with van der Waals surface area (Å²) in [6, 6.07) is 0. The van der Waals surface area contributed by atoms with Crippen molar-refractivity contribution in [2.75, 3.05) is 0 Å². The monoisotopic (exact) mass is 408 g/mol. The highest BCUT2D eigenvalue weighted by molar-refractivity contribution is 5.87. The lowest BCUT2D eigenvalue weighted by molar-refractivity contribution is -0.427. The van der Waals surface area contributed by atoms with Crippen LogP contribution in [0, 0.1) is 0 Å². The zero-order chi connectivity index (χ0) is 22.1. The molecule has 0 saturated heterocycles. The molecule has 0 atom stereocenters. The van der Waals surface area contributed by atoms with E-state index in [1.54, 1.807) is 27.7 Å². The number of rotatable bonds is 12. The number of esters is 4. The minimum absolute atomic E-state index is 0.513. The van der Waals surface area contributed by atoms with Gasteiger partial charge in [0.2, 0.25) is 0 Å². The minimum atomic E-state index is -3.02. The maximum absolute atomic E-state index is 12.1. The summed E-state index contributed by atoms with van der Waals surface area (Å²) in [5, 5.41) is 0. The van der Waals surface area contributed by atoms with E-state index in [4.69, 9.17) is 18.9 Å². The molecule has 8 heteroatoms. The maximum Gasteiger partial charge on any atom is 0.620 e. The van der Waals surface area contributed by atoms with Crippen LogP contribution in [-0.2, 0) is 38.1 Å². The minimum Gasteiger partial charge on any atom is -0.349 e. The number of allylic oxidation sites excluding steroid dienone is 4. The fourth-order valence-electron chi connectivity index (χ4n) is 1.61. The van der Waals surface area contributed by atoms with Gasteiger partial charge in [-0.3, -0.25) is 0 Å². The van der Waals surface area contributed by atoms with Crippen LogP contribution in [0.1, 0.15) is 53.4 Å². The highest BCUT2D eigenvalue weighted by atomic mass is 17.0. The van der Waals surface area contributed by atoms with Crippen LogP contribution in [0.2, 0.25) is 0 Å². The van der Waals surface area contributed by atoms with Crippen molar-refractivity contribution in [1.29, 1.82) is 0 Å². The molecule has 8 nitrogen and oxygen atoms in total. The van der Waals surface area contributed by atoms with E-state index in [2.05, 4.69) is 0 Å². The van der Waals surface area contributed by atoms with Crippen LogP contribution in [0.3, 0.4) is 0 Å². The fourth-order valence-corrected chi connectivity index (χ4v) is 1.61. The van der Waals surface area contributed by atoms with Crippen molar-refractivity contribution >= 4 is 23.9 Å². The average Bonchev–Trinajstić information content (AvgIpc) is 2.67. The van der Waals surface area contributed by atoms with E-state index in [9.17, 15) is 19.2 Å². The smallest absolute Gasteiger partial charge is 0.349 e. The summed E-state index contributed by atoms with van der Waals surface area (Å²) in [4.78, 5) is 48.3. The van der Waals surface area contributed by atoms with E-state index in [0.29, 0.717) is 25.7 Å². The summed E-state index contributed by atoms with van der Waals surface area (Å²) in [6.07, 6.45) is 8.98. The van der Waals surface area contributed by atoms with Crippen LogP contribution in [0.5, 0.6) is 0 Å². The Morgan fingerprint density at radius 3 is 0.897 bits per heavy atom. The molecule has 0 aliphatic heterocycles. The van der Waals surface area contributed by atoms with Crippen LogP contribution in [0.25, 0.3) is 0 Å². The fraction of sp³-hybridized carbons (Fsp3) is 0.429. The lowest BCUT2D eigenvalue weighted by Gasteiger charge is -2.27. The van der Waals surface area contributed by atoms with Crippen LogP contribution < -0.4 is 0 Å². The first-order valence-electron chi connectivity index (χ1n) is 9.40. The Labute approximate surface area is 170 Å². The molecule has 0 bridgehead atoms. The van der Waals surface area contributed by atoms with Crippen molar-refractivity contribution in [2.24, 2.45) is 0 Å². The zero-order valence-electron chi connectivity index (χ0n) is 17.2. The van der Waals surface area contributed by atoms with Gasteiger partial charge in [0.15, 0.2) is 0 Å². The third-order valence-corrected chi connectivity index (χ3v) is 2.86. The van der Waals surface area contributed by atoms with Gasteiger partial charge in [-0.05, 0) is 25.7 Å². The SMILES string of the molecule is CCC=CC(=O)OC(OC(=O)C=CCC)(OC(=O)C=CCC)OC(=O)C=CCC. The predicted octanol–water partition coefficient (Wildman–Crippen LogP) is 3.64. The number of carbonyl (C=O) groups is 4. The van der Waals surface area contributed by atoms with Gasteiger partial charge in [-0.25, -0.2) is 19.2 Å². The number of ether oxygens (including phenoxy) is 4. The van der Waals surface area contributed by atoms with E-state index in [1.165, 1.54) is 24.3 Å². The Kier molecular flexibility index (Phi) is 13.2. The van der Waals surface area contributed by atoms with Crippen LogP contribution in [0.4, 0.5) is 0 Å². The first-order valence-corrected chi connectivity index (χ1v) is 9.40. The molecule has 0 N–H and O–H groups in total. The Hall–Kier alpha value is -3.16. The second-order valence-electron chi connectivity index (χ2n) is 5.43. The van der Waals surface area contributed by atoms with Gasteiger partial charge in [0.05, 0.1) is 0 Å². The summed E-state index contributed by atoms with van der Waals surface area (Å²) < 4.78 is 19.7. The van der Waals surface area contributed by atoms with Gasteiger partial charge in [-0.2, -0.15) is 0 Å². The topological polar surface area (TPSA) is 105 Å². The number of carbonyl (C=O) groups excluding carboxylic acids is 4. The van der Waals surface area contributed by atoms with Gasteiger partial charge in [0.25, 0.3) is 0 Å². The third kappa shape index (κ3) is 12.0.